The minimum Gasteiger partial charge on any atom is -0.454 e. The number of aromatic nitrogens is 1. The van der Waals surface area contributed by atoms with Gasteiger partial charge in [0.2, 0.25) is 0 Å². The van der Waals surface area contributed by atoms with Gasteiger partial charge in [-0.05, 0) is 71.1 Å². The van der Waals surface area contributed by atoms with Gasteiger partial charge in [0.1, 0.15) is 17.6 Å². The molecule has 0 saturated heterocycles. The molecule has 2 aliphatic rings. The number of nitrogens with zero attached hydrogens (tertiary/aromatic N) is 3. The summed E-state index contributed by atoms with van der Waals surface area (Å²) in [6.07, 6.45) is 4.01. The Morgan fingerprint density at radius 2 is 1.37 bits per heavy atom. The van der Waals surface area contributed by atoms with E-state index >= 15 is 0 Å². The molecule has 0 amide bonds. The van der Waals surface area contributed by atoms with E-state index in [1.54, 1.807) is 0 Å². The highest BCUT2D eigenvalue weighted by molar-refractivity contribution is 7.17. The number of hydrogen-bond acceptors (Lipinski definition) is 5. The van der Waals surface area contributed by atoms with E-state index in [4.69, 9.17) is 14.4 Å². The number of aliphatic imine (C=N–C) groups is 2. The lowest BCUT2D eigenvalue weighted by Crippen LogP contribution is -2.35. The third-order valence-electron chi connectivity index (χ3n) is 11.6. The number of nitrogens with one attached hydrogen (secondary N) is 1. The van der Waals surface area contributed by atoms with Crippen LogP contribution in [0.25, 0.3) is 82.3 Å². The van der Waals surface area contributed by atoms with Gasteiger partial charge in [-0.15, -0.1) is 11.3 Å². The molecule has 6 heteroatoms. The van der Waals surface area contributed by atoms with E-state index in [-0.39, 0.29) is 6.17 Å². The molecule has 1 N–H and O–H groups in total. The quantitative estimate of drug-likeness (QED) is 0.190. The predicted octanol–water partition coefficient (Wildman–Crippen LogP) is 11.4. The number of para-hydroxylation sites is 3. The lowest BCUT2D eigenvalue weighted by atomic mass is 9.96. The standard InChI is InChI=1S/C51H34N4OS/c1-3-14-31(15-4-1)49-52-50(32-16-5-2-6-17-32)54-51(53-49)39-23-11-22-38-46-34(20-13-27-45(46)57-48(38)39)33-28-29-44-40(30-33)37-21-12-26-43(47(37)56-44)55-41-24-9-7-18-35(41)36-19-8-10-25-42(36)55/h1-10,12-22,24-30,49H,11,23H2,(H,52,53,54). The molecule has 7 aromatic carbocycles. The van der Waals surface area contributed by atoms with Crippen LogP contribution in [0.3, 0.4) is 0 Å². The first-order valence-corrected chi connectivity index (χ1v) is 20.3. The number of fused-ring (bicyclic) bond motifs is 9. The van der Waals surface area contributed by atoms with E-state index < -0.39 is 0 Å². The van der Waals surface area contributed by atoms with E-state index in [9.17, 15) is 0 Å². The molecule has 1 atom stereocenters. The van der Waals surface area contributed by atoms with E-state index in [0.717, 1.165) is 63.3 Å². The van der Waals surface area contributed by atoms with Gasteiger partial charge >= 0.3 is 0 Å². The maximum atomic E-state index is 6.76. The highest BCUT2D eigenvalue weighted by atomic mass is 32.1. The zero-order valence-electron chi connectivity index (χ0n) is 30.8. The number of rotatable bonds is 5. The molecule has 1 aliphatic heterocycles. The fourth-order valence-corrected chi connectivity index (χ4v) is 10.3. The van der Waals surface area contributed by atoms with Crippen LogP contribution in [-0.4, -0.2) is 16.2 Å². The number of hydrogen-bond donors (Lipinski definition) is 1. The molecular formula is C51H34N4OS. The minimum absolute atomic E-state index is 0.229. The summed E-state index contributed by atoms with van der Waals surface area (Å²) in [5.41, 5.74) is 10.9. The Hall–Kier alpha value is -7.02. The first-order valence-electron chi connectivity index (χ1n) is 19.5. The lowest BCUT2D eigenvalue weighted by Gasteiger charge is -2.24. The zero-order valence-corrected chi connectivity index (χ0v) is 31.6. The van der Waals surface area contributed by atoms with Crippen molar-refractivity contribution in [3.63, 3.8) is 0 Å². The molecule has 1 aliphatic carbocycles. The molecule has 0 radical (unpaired) electrons. The van der Waals surface area contributed by atoms with Crippen molar-refractivity contribution in [3.05, 3.63) is 185 Å². The molecule has 0 saturated carbocycles. The first kappa shape index (κ1) is 32.2. The Morgan fingerprint density at radius 3 is 2.18 bits per heavy atom. The van der Waals surface area contributed by atoms with Crippen molar-refractivity contribution in [3.8, 4) is 16.8 Å². The summed E-state index contributed by atoms with van der Waals surface area (Å²) in [7, 11) is 0. The average Bonchev–Trinajstić information content (AvgIpc) is 3.96. The van der Waals surface area contributed by atoms with Gasteiger partial charge in [0.15, 0.2) is 11.4 Å². The maximum absolute atomic E-state index is 6.76. The second-order valence-electron chi connectivity index (χ2n) is 14.8. The van der Waals surface area contributed by atoms with Crippen LogP contribution in [0.15, 0.2) is 178 Å². The highest BCUT2D eigenvalue weighted by Crippen LogP contribution is 2.40. The van der Waals surface area contributed by atoms with E-state index in [0.29, 0.717) is 0 Å². The van der Waals surface area contributed by atoms with Crippen molar-refractivity contribution in [2.45, 2.75) is 19.0 Å². The van der Waals surface area contributed by atoms with E-state index in [2.05, 4.69) is 168 Å². The molecule has 5 nitrogen and oxygen atoms in total. The summed E-state index contributed by atoms with van der Waals surface area (Å²) >= 11 is 1.85. The van der Waals surface area contributed by atoms with Crippen LogP contribution in [0.4, 0.5) is 0 Å². The average molecular weight is 751 g/mol. The number of benzene rings is 7. The first-order chi connectivity index (χ1) is 28.3. The highest BCUT2D eigenvalue weighted by Gasteiger charge is 2.25. The zero-order chi connectivity index (χ0) is 37.5. The van der Waals surface area contributed by atoms with Crippen LogP contribution < -0.4 is 15.1 Å². The summed E-state index contributed by atoms with van der Waals surface area (Å²) in [5, 5.41) is 10.9. The van der Waals surface area contributed by atoms with Crippen LogP contribution in [0.1, 0.15) is 30.1 Å². The van der Waals surface area contributed by atoms with Crippen molar-refractivity contribution in [2.24, 2.45) is 9.98 Å². The van der Waals surface area contributed by atoms with Crippen molar-refractivity contribution < 1.29 is 4.42 Å². The molecule has 3 aromatic heterocycles. The van der Waals surface area contributed by atoms with Gasteiger partial charge in [-0.2, -0.15) is 0 Å². The van der Waals surface area contributed by atoms with Crippen LogP contribution in [0.2, 0.25) is 0 Å². The number of amidine groups is 2. The Morgan fingerprint density at radius 1 is 0.649 bits per heavy atom. The largest absolute Gasteiger partial charge is 0.454 e. The normalized spacial score (nSPS) is 15.5. The van der Waals surface area contributed by atoms with Crippen LogP contribution >= 0.6 is 11.3 Å². The molecule has 0 fully saturated rings. The Balaban J connectivity index is 1.03. The summed E-state index contributed by atoms with van der Waals surface area (Å²) < 4.78 is 11.6. The van der Waals surface area contributed by atoms with Crippen molar-refractivity contribution in [1.29, 1.82) is 0 Å². The van der Waals surface area contributed by atoms with Gasteiger partial charge in [0, 0.05) is 47.3 Å². The monoisotopic (exact) mass is 750 g/mol. The third kappa shape index (κ3) is 5.07. The van der Waals surface area contributed by atoms with Gasteiger partial charge in [-0.3, -0.25) is 0 Å². The SMILES string of the molecule is C1=c2c(sc3cccc(-c4ccc5oc6c(-n7c8ccccc8c8ccccc87)cccc6c5c4)c23)=C(C2=NC(c3ccccc3)NC(c3ccccc3)=N2)CC1. The van der Waals surface area contributed by atoms with E-state index in [1.807, 2.05) is 23.5 Å². The fourth-order valence-electron chi connectivity index (χ4n) is 8.96. The van der Waals surface area contributed by atoms with Crippen molar-refractivity contribution >= 4 is 88.5 Å². The summed E-state index contributed by atoms with van der Waals surface area (Å²) in [6.45, 7) is 0. The number of furan rings is 1. The molecule has 1 unspecified atom stereocenters. The molecule has 270 valence electrons. The minimum atomic E-state index is -0.229. The van der Waals surface area contributed by atoms with Crippen molar-refractivity contribution in [2.75, 3.05) is 0 Å². The Labute approximate surface area is 331 Å². The van der Waals surface area contributed by atoms with Crippen LogP contribution in [-0.2, 0) is 0 Å². The van der Waals surface area contributed by atoms with Gasteiger partial charge < -0.3 is 14.3 Å². The van der Waals surface area contributed by atoms with Crippen LogP contribution in [0.5, 0.6) is 0 Å². The van der Waals surface area contributed by atoms with Gasteiger partial charge in [0.05, 0.1) is 16.7 Å². The molecule has 0 spiro atoms. The van der Waals surface area contributed by atoms with Gasteiger partial charge in [0.25, 0.3) is 0 Å². The Kier molecular flexibility index (Phi) is 7.22. The Bertz CT molecular complexity index is 3390. The third-order valence-corrected chi connectivity index (χ3v) is 12.8. The fraction of sp³-hybridized carbons (Fsp3) is 0.0588. The summed E-state index contributed by atoms with van der Waals surface area (Å²) in [6, 6.07) is 58.0. The smallest absolute Gasteiger partial charge is 0.159 e. The van der Waals surface area contributed by atoms with E-state index in [1.165, 1.54) is 58.3 Å². The molecule has 10 aromatic rings. The summed E-state index contributed by atoms with van der Waals surface area (Å²) in [5.74, 6) is 1.66. The predicted molar refractivity (Wildman–Crippen MR) is 238 cm³/mol. The molecule has 4 heterocycles. The molecular weight excluding hydrogens is 717 g/mol. The van der Waals surface area contributed by atoms with Gasteiger partial charge in [-0.1, -0.05) is 133 Å². The molecule has 12 rings (SSSR count). The second-order valence-corrected chi connectivity index (χ2v) is 15.9. The maximum Gasteiger partial charge on any atom is 0.159 e. The number of thiophene rings is 1. The van der Waals surface area contributed by atoms with Gasteiger partial charge in [-0.25, -0.2) is 9.98 Å². The molecule has 57 heavy (non-hydrogen) atoms. The van der Waals surface area contributed by atoms with Crippen LogP contribution in [0, 0.1) is 0 Å². The van der Waals surface area contributed by atoms with Crippen molar-refractivity contribution in [1.82, 2.24) is 9.88 Å². The topological polar surface area (TPSA) is 54.8 Å². The second kappa shape index (κ2) is 12.8. The summed E-state index contributed by atoms with van der Waals surface area (Å²) in [4.78, 5) is 10.5. The molecule has 0 bridgehead atoms. The lowest BCUT2D eigenvalue weighted by molar-refractivity contribution is 0.666.